The molecule has 2 N–H and O–H groups in total. The van der Waals surface area contributed by atoms with E-state index in [1.807, 2.05) is 19.1 Å². The number of hydrogen-bond donors (Lipinski definition) is 2. The van der Waals surface area contributed by atoms with Gasteiger partial charge in [-0.05, 0) is 81.9 Å². The molecule has 0 spiro atoms. The SMILES string of the molecule is C=C(NC(C)C1=CCC(O)C=C1)C1(C)C=c2nc(CCCC(C)C(C)=O)c(-c3ccc(F)cc3)nc2=CC1. The fraction of sp³-hybridized carbons (Fsp3) is 0.406. The number of aliphatic hydroxyl groups is 1. The summed E-state index contributed by atoms with van der Waals surface area (Å²) < 4.78 is 13.6. The highest BCUT2D eigenvalue weighted by molar-refractivity contribution is 5.77. The first-order chi connectivity index (χ1) is 18.1. The molecule has 0 bridgehead atoms. The summed E-state index contributed by atoms with van der Waals surface area (Å²) in [5.41, 5.74) is 4.11. The van der Waals surface area contributed by atoms with Crippen LogP contribution in [-0.4, -0.2) is 33.0 Å². The Morgan fingerprint density at radius 3 is 2.61 bits per heavy atom. The second kappa shape index (κ2) is 11.6. The molecule has 0 fully saturated rings. The smallest absolute Gasteiger partial charge is 0.132 e. The van der Waals surface area contributed by atoms with Crippen LogP contribution in [0.3, 0.4) is 0 Å². The Bertz CT molecular complexity index is 1390. The molecule has 2 aromatic rings. The van der Waals surface area contributed by atoms with E-state index in [9.17, 15) is 14.3 Å². The number of benzene rings is 1. The van der Waals surface area contributed by atoms with Crippen molar-refractivity contribution in [3.05, 3.63) is 82.6 Å². The van der Waals surface area contributed by atoms with Crippen molar-refractivity contribution >= 4 is 17.9 Å². The van der Waals surface area contributed by atoms with Gasteiger partial charge in [-0.3, -0.25) is 4.79 Å². The second-order valence-electron chi connectivity index (χ2n) is 10.9. The van der Waals surface area contributed by atoms with Crippen molar-refractivity contribution in [1.82, 2.24) is 15.3 Å². The zero-order valence-corrected chi connectivity index (χ0v) is 22.8. The van der Waals surface area contributed by atoms with Crippen molar-refractivity contribution < 1.29 is 14.3 Å². The molecule has 0 saturated carbocycles. The molecule has 4 unspecified atom stereocenters. The number of carbonyl (C=O) groups is 1. The number of aliphatic hydroxyl groups excluding tert-OH is 1. The van der Waals surface area contributed by atoms with Crippen molar-refractivity contribution in [3.8, 4) is 11.3 Å². The molecule has 2 aliphatic carbocycles. The summed E-state index contributed by atoms with van der Waals surface area (Å²) >= 11 is 0. The van der Waals surface area contributed by atoms with E-state index in [4.69, 9.17) is 9.97 Å². The lowest BCUT2D eigenvalue weighted by atomic mass is 9.80. The predicted molar refractivity (Wildman–Crippen MR) is 151 cm³/mol. The van der Waals surface area contributed by atoms with Gasteiger partial charge >= 0.3 is 0 Å². The lowest BCUT2D eigenvalue weighted by Crippen LogP contribution is -2.42. The molecule has 4 rings (SSSR count). The Balaban J connectivity index is 1.63. The third-order valence-corrected chi connectivity index (χ3v) is 7.75. The number of fused-ring (bicyclic) bond motifs is 1. The Labute approximate surface area is 224 Å². The Morgan fingerprint density at radius 1 is 1.21 bits per heavy atom. The highest BCUT2D eigenvalue weighted by Gasteiger charge is 2.28. The number of Topliss-reactive ketones (excluding diaryl/α,β-unsaturated/α-hetero) is 1. The van der Waals surface area contributed by atoms with E-state index in [1.54, 1.807) is 19.1 Å². The van der Waals surface area contributed by atoms with Crippen molar-refractivity contribution in [2.24, 2.45) is 11.3 Å². The van der Waals surface area contributed by atoms with Crippen LogP contribution in [0.5, 0.6) is 0 Å². The van der Waals surface area contributed by atoms with Gasteiger partial charge in [0.25, 0.3) is 0 Å². The number of nitrogens with zero attached hydrogens (tertiary/aromatic N) is 2. The first-order valence-electron chi connectivity index (χ1n) is 13.4. The Kier molecular flexibility index (Phi) is 8.41. The van der Waals surface area contributed by atoms with Crippen LogP contribution in [0.15, 0.2) is 60.3 Å². The maximum Gasteiger partial charge on any atom is 0.132 e. The summed E-state index contributed by atoms with van der Waals surface area (Å²) in [6.45, 7) is 12.2. The van der Waals surface area contributed by atoms with Crippen LogP contribution >= 0.6 is 0 Å². The zero-order valence-electron chi connectivity index (χ0n) is 22.8. The van der Waals surface area contributed by atoms with Crippen molar-refractivity contribution in [2.75, 3.05) is 0 Å². The fourth-order valence-electron chi connectivity index (χ4n) is 4.88. The molecule has 5 nitrogen and oxygen atoms in total. The Morgan fingerprint density at radius 2 is 1.95 bits per heavy atom. The molecule has 0 saturated heterocycles. The quantitative estimate of drug-likeness (QED) is 0.486. The van der Waals surface area contributed by atoms with Crippen LogP contribution in [0.2, 0.25) is 0 Å². The number of carbonyl (C=O) groups excluding carboxylic acids is 1. The number of hydrogen-bond acceptors (Lipinski definition) is 5. The van der Waals surface area contributed by atoms with Crippen molar-refractivity contribution in [3.63, 3.8) is 0 Å². The summed E-state index contributed by atoms with van der Waals surface area (Å²) in [5, 5.41) is 14.9. The molecule has 200 valence electrons. The minimum Gasteiger partial charge on any atom is -0.389 e. The number of ketones is 1. The topological polar surface area (TPSA) is 75.1 Å². The molecule has 1 aromatic heterocycles. The van der Waals surface area contributed by atoms with Crippen LogP contribution in [0, 0.1) is 17.2 Å². The number of allylic oxidation sites excluding steroid dienone is 1. The van der Waals surface area contributed by atoms with E-state index < -0.39 is 6.10 Å². The molecular formula is C32H38FN3O2. The number of halogens is 1. The van der Waals surface area contributed by atoms with Crippen LogP contribution in [0.4, 0.5) is 4.39 Å². The van der Waals surface area contributed by atoms with Crippen LogP contribution < -0.4 is 16.0 Å². The minimum atomic E-state index is -0.414. The molecular weight excluding hydrogens is 477 g/mol. The summed E-state index contributed by atoms with van der Waals surface area (Å²) in [5.74, 6) is -0.0928. The minimum absolute atomic E-state index is 0.00632. The van der Waals surface area contributed by atoms with Crippen molar-refractivity contribution in [2.45, 2.75) is 71.9 Å². The van der Waals surface area contributed by atoms with Gasteiger partial charge in [-0.25, -0.2) is 14.4 Å². The first-order valence-corrected chi connectivity index (χ1v) is 13.4. The molecule has 38 heavy (non-hydrogen) atoms. The largest absolute Gasteiger partial charge is 0.389 e. The van der Waals surface area contributed by atoms with E-state index in [1.165, 1.54) is 12.1 Å². The van der Waals surface area contributed by atoms with Crippen molar-refractivity contribution in [1.29, 1.82) is 0 Å². The third-order valence-electron chi connectivity index (χ3n) is 7.75. The number of aryl methyl sites for hydroxylation is 1. The van der Waals surface area contributed by atoms with E-state index in [0.29, 0.717) is 12.8 Å². The monoisotopic (exact) mass is 515 g/mol. The zero-order chi connectivity index (χ0) is 27.4. The second-order valence-corrected chi connectivity index (χ2v) is 10.9. The third kappa shape index (κ3) is 6.36. The van der Waals surface area contributed by atoms with E-state index in [-0.39, 0.29) is 29.0 Å². The molecule has 4 atom stereocenters. The summed E-state index contributed by atoms with van der Waals surface area (Å²) in [7, 11) is 0. The molecule has 1 heterocycles. The van der Waals surface area contributed by atoms with E-state index >= 15 is 0 Å². The Hall–Kier alpha value is -3.38. The standard InChI is InChI=1S/C32H38FN3O2/c1-20(22(3)37)7-6-8-29-31(25-9-13-26(33)14-10-25)36-28-17-18-32(5,19-30(28)35-29)23(4)34-21(2)24-11-15-27(38)16-12-24/h9-15,17,19-21,27,34,38H,4,6-8,16,18H2,1-3,5H3. The number of aromatic nitrogens is 2. The average molecular weight is 516 g/mol. The van der Waals surface area contributed by atoms with Gasteiger partial charge in [-0.15, -0.1) is 0 Å². The lowest BCUT2D eigenvalue weighted by Gasteiger charge is -2.32. The molecule has 6 heteroatoms. The number of nitrogens with one attached hydrogen (secondary N) is 1. The average Bonchev–Trinajstić information content (AvgIpc) is 2.89. The molecule has 2 aliphatic rings. The van der Waals surface area contributed by atoms with Gasteiger partial charge in [0.1, 0.15) is 11.6 Å². The van der Waals surface area contributed by atoms with Gasteiger partial charge in [-0.2, -0.15) is 0 Å². The number of rotatable bonds is 10. The molecule has 1 aromatic carbocycles. The van der Waals surface area contributed by atoms with Gasteiger partial charge in [0.15, 0.2) is 0 Å². The van der Waals surface area contributed by atoms with Gasteiger partial charge in [0.2, 0.25) is 0 Å². The molecule has 0 amide bonds. The van der Waals surface area contributed by atoms with Gasteiger partial charge in [-0.1, -0.05) is 44.7 Å². The maximum atomic E-state index is 13.6. The molecule has 0 radical (unpaired) electrons. The highest BCUT2D eigenvalue weighted by Crippen LogP contribution is 2.33. The van der Waals surface area contributed by atoms with Crippen LogP contribution in [0.25, 0.3) is 23.4 Å². The molecule has 0 aliphatic heterocycles. The summed E-state index contributed by atoms with van der Waals surface area (Å²) in [4.78, 5) is 21.8. The van der Waals surface area contributed by atoms with Crippen LogP contribution in [-0.2, 0) is 11.2 Å². The van der Waals surface area contributed by atoms with Crippen LogP contribution in [0.1, 0.15) is 59.1 Å². The highest BCUT2D eigenvalue weighted by atomic mass is 19.1. The predicted octanol–water partition coefficient (Wildman–Crippen LogP) is 4.54. The maximum absolute atomic E-state index is 13.6. The van der Waals surface area contributed by atoms with E-state index in [0.717, 1.165) is 58.2 Å². The van der Waals surface area contributed by atoms with Gasteiger partial charge in [0, 0.05) is 28.6 Å². The summed E-state index contributed by atoms with van der Waals surface area (Å²) in [6, 6.07) is 6.43. The normalized spacial score (nSPS) is 21.8. The van der Waals surface area contributed by atoms with Gasteiger partial charge in [0.05, 0.1) is 28.2 Å². The van der Waals surface area contributed by atoms with Gasteiger partial charge < -0.3 is 10.4 Å². The first kappa shape index (κ1) is 27.6. The lowest BCUT2D eigenvalue weighted by molar-refractivity contribution is -0.120. The summed E-state index contributed by atoms with van der Waals surface area (Å²) in [6.07, 6.45) is 13.3. The van der Waals surface area contributed by atoms with E-state index in [2.05, 4.69) is 44.0 Å². The fourth-order valence-corrected chi connectivity index (χ4v) is 4.88.